The third kappa shape index (κ3) is 7.09. The molecular weight excluding hydrogens is 441 g/mol. The Kier molecular flexibility index (Phi) is 8.11. The summed E-state index contributed by atoms with van der Waals surface area (Å²) in [7, 11) is 0. The van der Waals surface area contributed by atoms with Gasteiger partial charge in [0.2, 0.25) is 11.8 Å². The highest BCUT2D eigenvalue weighted by atomic mass is 32.1. The molecule has 0 atom stereocenters. The first-order chi connectivity index (χ1) is 16.0. The highest BCUT2D eigenvalue weighted by Crippen LogP contribution is 2.31. The van der Waals surface area contributed by atoms with Gasteiger partial charge in [-0.3, -0.25) is 14.5 Å². The Morgan fingerprint density at radius 1 is 1.06 bits per heavy atom. The van der Waals surface area contributed by atoms with Crippen molar-refractivity contribution in [2.24, 2.45) is 5.92 Å². The quantitative estimate of drug-likeness (QED) is 0.531. The molecule has 1 aliphatic heterocycles. The van der Waals surface area contributed by atoms with Gasteiger partial charge in [-0.2, -0.15) is 0 Å². The lowest BCUT2D eigenvalue weighted by atomic mass is 10.2. The van der Waals surface area contributed by atoms with E-state index in [4.69, 9.17) is 4.74 Å². The third-order valence-corrected chi connectivity index (χ3v) is 7.12. The van der Waals surface area contributed by atoms with Gasteiger partial charge in [-0.15, -0.1) is 11.3 Å². The molecule has 0 N–H and O–H groups in total. The molecule has 178 valence electrons. The number of thiophene rings is 1. The number of amides is 2. The zero-order valence-electron chi connectivity index (χ0n) is 19.2. The predicted molar refractivity (Wildman–Crippen MR) is 126 cm³/mol. The average Bonchev–Trinajstić information content (AvgIpc) is 3.59. The summed E-state index contributed by atoms with van der Waals surface area (Å²) in [6.07, 6.45) is 1.82. The molecule has 6 nitrogen and oxygen atoms in total. The molecule has 0 radical (unpaired) electrons. The summed E-state index contributed by atoms with van der Waals surface area (Å²) in [5, 5.41) is 0. The third-order valence-electron chi connectivity index (χ3n) is 6.14. The van der Waals surface area contributed by atoms with E-state index in [2.05, 4.69) is 4.90 Å². The van der Waals surface area contributed by atoms with E-state index >= 15 is 0 Å². The van der Waals surface area contributed by atoms with Gasteiger partial charge in [-0.05, 0) is 49.6 Å². The van der Waals surface area contributed by atoms with Crippen LogP contribution in [0.2, 0.25) is 0 Å². The van der Waals surface area contributed by atoms with Crippen molar-refractivity contribution >= 4 is 23.2 Å². The summed E-state index contributed by atoms with van der Waals surface area (Å²) in [6, 6.07) is 10.3. The first-order valence-electron chi connectivity index (χ1n) is 11.6. The predicted octanol–water partition coefficient (Wildman–Crippen LogP) is 3.30. The standard InChI is InChI=1S/C25H32FN3O3S/c1-19-2-9-23(33-19)17-29(16-20-3-7-22(26)8-4-20)24(30)18-28(25(31)21-5-6-21)11-10-27-12-14-32-15-13-27/h2-4,7-9,21H,5-6,10-18H2,1H3. The van der Waals surface area contributed by atoms with Crippen LogP contribution in [0.15, 0.2) is 36.4 Å². The first-order valence-corrected chi connectivity index (χ1v) is 12.5. The molecule has 1 aromatic heterocycles. The first kappa shape index (κ1) is 23.9. The van der Waals surface area contributed by atoms with Crippen LogP contribution in [0.1, 0.15) is 28.2 Å². The van der Waals surface area contributed by atoms with Crippen LogP contribution in [0.3, 0.4) is 0 Å². The Bertz CT molecular complexity index is 939. The SMILES string of the molecule is Cc1ccc(CN(Cc2ccc(F)cc2)C(=O)CN(CCN2CCOCC2)C(=O)C2CC2)s1. The van der Waals surface area contributed by atoms with Crippen LogP contribution in [-0.4, -0.2) is 72.5 Å². The number of hydrogen-bond donors (Lipinski definition) is 0. The summed E-state index contributed by atoms with van der Waals surface area (Å²) < 4.78 is 18.8. The highest BCUT2D eigenvalue weighted by Gasteiger charge is 2.35. The second kappa shape index (κ2) is 11.2. The topological polar surface area (TPSA) is 53.1 Å². The number of aryl methyl sites for hydroxylation is 1. The van der Waals surface area contributed by atoms with E-state index in [0.717, 1.165) is 42.9 Å². The number of carbonyl (C=O) groups excluding carboxylic acids is 2. The summed E-state index contributed by atoms with van der Waals surface area (Å²) in [4.78, 5) is 34.5. The van der Waals surface area contributed by atoms with E-state index in [0.29, 0.717) is 32.8 Å². The Balaban J connectivity index is 1.45. The van der Waals surface area contributed by atoms with E-state index < -0.39 is 0 Å². The lowest BCUT2D eigenvalue weighted by Gasteiger charge is -2.31. The second-order valence-electron chi connectivity index (χ2n) is 8.88. The lowest BCUT2D eigenvalue weighted by Crippen LogP contribution is -2.47. The molecule has 1 aromatic carbocycles. The number of morpholine rings is 1. The molecule has 2 aromatic rings. The summed E-state index contributed by atoms with van der Waals surface area (Å²) in [6.45, 7) is 7.40. The van der Waals surface area contributed by atoms with Crippen molar-refractivity contribution in [3.8, 4) is 0 Å². The number of ether oxygens (including phenoxy) is 1. The smallest absolute Gasteiger partial charge is 0.242 e. The normalized spacial score (nSPS) is 16.5. The molecule has 4 rings (SSSR count). The molecule has 1 saturated heterocycles. The molecule has 1 aliphatic carbocycles. The minimum Gasteiger partial charge on any atom is -0.379 e. The summed E-state index contributed by atoms with van der Waals surface area (Å²) >= 11 is 1.66. The molecule has 0 unspecified atom stereocenters. The van der Waals surface area contributed by atoms with Crippen LogP contribution in [-0.2, 0) is 27.4 Å². The van der Waals surface area contributed by atoms with Crippen LogP contribution >= 0.6 is 11.3 Å². The van der Waals surface area contributed by atoms with Gasteiger partial charge >= 0.3 is 0 Å². The fraction of sp³-hybridized carbons (Fsp3) is 0.520. The maximum absolute atomic E-state index is 13.5. The fourth-order valence-electron chi connectivity index (χ4n) is 4.01. The van der Waals surface area contributed by atoms with Crippen molar-refractivity contribution < 1.29 is 18.7 Å². The van der Waals surface area contributed by atoms with E-state index in [9.17, 15) is 14.0 Å². The molecule has 8 heteroatoms. The Morgan fingerprint density at radius 2 is 1.79 bits per heavy atom. The molecule has 2 fully saturated rings. The molecular formula is C25H32FN3O3S. The minimum atomic E-state index is -0.296. The van der Waals surface area contributed by atoms with Gasteiger partial charge in [0.05, 0.1) is 26.3 Å². The largest absolute Gasteiger partial charge is 0.379 e. The van der Waals surface area contributed by atoms with Crippen LogP contribution in [0, 0.1) is 18.7 Å². The molecule has 1 saturated carbocycles. The zero-order chi connectivity index (χ0) is 23.2. The molecule has 33 heavy (non-hydrogen) atoms. The number of nitrogens with zero attached hydrogens (tertiary/aromatic N) is 3. The van der Waals surface area contributed by atoms with Gasteiger partial charge < -0.3 is 14.5 Å². The molecule has 2 amide bonds. The molecule has 0 spiro atoms. The maximum Gasteiger partial charge on any atom is 0.242 e. The molecule has 2 aliphatic rings. The summed E-state index contributed by atoms with van der Waals surface area (Å²) in [5.41, 5.74) is 0.867. The van der Waals surface area contributed by atoms with Gasteiger partial charge in [0.1, 0.15) is 5.82 Å². The number of carbonyl (C=O) groups is 2. The van der Waals surface area contributed by atoms with E-state index in [1.807, 2.05) is 19.1 Å². The monoisotopic (exact) mass is 473 g/mol. The van der Waals surface area contributed by atoms with Crippen molar-refractivity contribution in [2.45, 2.75) is 32.9 Å². The van der Waals surface area contributed by atoms with E-state index in [1.165, 1.54) is 17.0 Å². The second-order valence-corrected chi connectivity index (χ2v) is 10.2. The number of hydrogen-bond acceptors (Lipinski definition) is 5. The van der Waals surface area contributed by atoms with Crippen molar-refractivity contribution in [2.75, 3.05) is 45.9 Å². The highest BCUT2D eigenvalue weighted by molar-refractivity contribution is 7.11. The van der Waals surface area contributed by atoms with Crippen LogP contribution < -0.4 is 0 Å². The van der Waals surface area contributed by atoms with Gasteiger partial charge in [0, 0.05) is 48.4 Å². The summed E-state index contributed by atoms with van der Waals surface area (Å²) in [5.74, 6) is -0.227. The fourth-order valence-corrected chi connectivity index (χ4v) is 4.91. The molecule has 2 heterocycles. The van der Waals surface area contributed by atoms with Gasteiger partial charge in [0.25, 0.3) is 0 Å². The zero-order valence-corrected chi connectivity index (χ0v) is 20.0. The Morgan fingerprint density at radius 3 is 2.42 bits per heavy atom. The lowest BCUT2D eigenvalue weighted by molar-refractivity contribution is -0.142. The van der Waals surface area contributed by atoms with Gasteiger partial charge in [-0.25, -0.2) is 4.39 Å². The van der Waals surface area contributed by atoms with E-state index in [1.54, 1.807) is 33.3 Å². The van der Waals surface area contributed by atoms with Crippen molar-refractivity contribution in [1.29, 1.82) is 0 Å². The van der Waals surface area contributed by atoms with E-state index in [-0.39, 0.29) is 30.1 Å². The van der Waals surface area contributed by atoms with Crippen molar-refractivity contribution in [3.05, 3.63) is 57.5 Å². The van der Waals surface area contributed by atoms with Gasteiger partial charge in [-0.1, -0.05) is 12.1 Å². The van der Waals surface area contributed by atoms with Gasteiger partial charge in [0.15, 0.2) is 0 Å². The molecule has 0 bridgehead atoms. The van der Waals surface area contributed by atoms with Crippen LogP contribution in [0.5, 0.6) is 0 Å². The average molecular weight is 474 g/mol. The minimum absolute atomic E-state index is 0.0629. The van der Waals surface area contributed by atoms with Crippen molar-refractivity contribution in [3.63, 3.8) is 0 Å². The van der Waals surface area contributed by atoms with Crippen molar-refractivity contribution in [1.82, 2.24) is 14.7 Å². The maximum atomic E-state index is 13.5. The Hall–Kier alpha value is -2.29. The Labute approximate surface area is 198 Å². The van der Waals surface area contributed by atoms with Crippen LogP contribution in [0.25, 0.3) is 0 Å². The number of benzene rings is 1. The van der Waals surface area contributed by atoms with Crippen LogP contribution in [0.4, 0.5) is 4.39 Å². The number of rotatable bonds is 10. The number of halogens is 1.